The highest BCUT2D eigenvalue weighted by Crippen LogP contribution is 2.17. The number of amides is 1. The van der Waals surface area contributed by atoms with Crippen LogP contribution in [0.1, 0.15) is 45.4 Å². The van der Waals surface area contributed by atoms with Gasteiger partial charge in [-0.05, 0) is 58.2 Å². The van der Waals surface area contributed by atoms with Crippen molar-refractivity contribution in [1.29, 1.82) is 0 Å². The minimum absolute atomic E-state index is 0.0319. The number of nitrogens with zero attached hydrogens (tertiary/aromatic N) is 2. The number of hydrogen-bond donors (Lipinski definition) is 0. The Bertz CT molecular complexity index is 404. The Hall–Kier alpha value is -1.14. The van der Waals surface area contributed by atoms with E-state index in [2.05, 4.69) is 4.90 Å². The maximum Gasteiger partial charge on any atom is 0.310 e. The van der Waals surface area contributed by atoms with Crippen molar-refractivity contribution in [2.45, 2.75) is 51.6 Å². The SMILES string of the molecule is COC(=O)C(C)CN(CCCCN1CCCC1)C(=O)C1CCCO1. The zero-order valence-electron chi connectivity index (χ0n) is 15.2. The lowest BCUT2D eigenvalue weighted by Gasteiger charge is -2.27. The minimum Gasteiger partial charge on any atom is -0.469 e. The van der Waals surface area contributed by atoms with E-state index in [-0.39, 0.29) is 23.9 Å². The van der Waals surface area contributed by atoms with Crippen molar-refractivity contribution in [2.75, 3.05) is 46.4 Å². The van der Waals surface area contributed by atoms with Gasteiger partial charge in [0.1, 0.15) is 6.10 Å². The summed E-state index contributed by atoms with van der Waals surface area (Å²) < 4.78 is 10.3. The van der Waals surface area contributed by atoms with Gasteiger partial charge in [-0.1, -0.05) is 6.92 Å². The largest absolute Gasteiger partial charge is 0.469 e. The van der Waals surface area contributed by atoms with Crippen LogP contribution in [0, 0.1) is 5.92 Å². The fourth-order valence-corrected chi connectivity index (χ4v) is 3.52. The van der Waals surface area contributed by atoms with Crippen LogP contribution in [0.5, 0.6) is 0 Å². The molecule has 0 bridgehead atoms. The topological polar surface area (TPSA) is 59.1 Å². The molecule has 2 heterocycles. The van der Waals surface area contributed by atoms with Crippen LogP contribution >= 0.6 is 0 Å². The van der Waals surface area contributed by atoms with Gasteiger partial charge >= 0.3 is 5.97 Å². The molecule has 0 aromatic heterocycles. The molecule has 0 radical (unpaired) electrons. The third-order valence-corrected chi connectivity index (χ3v) is 4.97. The first kappa shape index (κ1) is 19.2. The van der Waals surface area contributed by atoms with Gasteiger partial charge in [-0.3, -0.25) is 9.59 Å². The van der Waals surface area contributed by atoms with Gasteiger partial charge in [0, 0.05) is 19.7 Å². The molecule has 6 nitrogen and oxygen atoms in total. The highest BCUT2D eigenvalue weighted by atomic mass is 16.5. The molecule has 0 saturated carbocycles. The molecule has 1 amide bonds. The van der Waals surface area contributed by atoms with Crippen LogP contribution in [0.3, 0.4) is 0 Å². The average Bonchev–Trinajstić information content (AvgIpc) is 3.29. The van der Waals surface area contributed by atoms with Gasteiger partial charge in [-0.2, -0.15) is 0 Å². The van der Waals surface area contributed by atoms with Crippen molar-refractivity contribution in [3.8, 4) is 0 Å². The summed E-state index contributed by atoms with van der Waals surface area (Å²) in [6.07, 6.45) is 6.06. The van der Waals surface area contributed by atoms with Gasteiger partial charge in [0.15, 0.2) is 0 Å². The molecule has 24 heavy (non-hydrogen) atoms. The third-order valence-electron chi connectivity index (χ3n) is 4.97. The van der Waals surface area contributed by atoms with Gasteiger partial charge in [0.2, 0.25) is 0 Å². The fourth-order valence-electron chi connectivity index (χ4n) is 3.52. The van der Waals surface area contributed by atoms with E-state index in [1.54, 1.807) is 0 Å². The molecular weight excluding hydrogens is 308 g/mol. The summed E-state index contributed by atoms with van der Waals surface area (Å²) in [5.41, 5.74) is 0. The Labute approximate surface area is 145 Å². The van der Waals surface area contributed by atoms with E-state index in [4.69, 9.17) is 9.47 Å². The number of hydrogen-bond acceptors (Lipinski definition) is 5. The van der Waals surface area contributed by atoms with E-state index in [1.165, 1.54) is 33.0 Å². The number of likely N-dealkylation sites (tertiary alicyclic amines) is 1. The third kappa shape index (κ3) is 5.74. The first-order valence-electron chi connectivity index (χ1n) is 9.32. The number of carbonyl (C=O) groups excluding carboxylic acids is 2. The quantitative estimate of drug-likeness (QED) is 0.472. The van der Waals surface area contributed by atoms with Crippen LogP contribution in [-0.2, 0) is 19.1 Å². The number of methoxy groups -OCH3 is 1. The van der Waals surface area contributed by atoms with Crippen LogP contribution < -0.4 is 0 Å². The van der Waals surface area contributed by atoms with Gasteiger partial charge in [-0.25, -0.2) is 0 Å². The van der Waals surface area contributed by atoms with Crippen LogP contribution in [0.2, 0.25) is 0 Å². The second-order valence-electron chi connectivity index (χ2n) is 6.97. The summed E-state index contributed by atoms with van der Waals surface area (Å²) in [4.78, 5) is 28.7. The fraction of sp³-hybridized carbons (Fsp3) is 0.889. The Kier molecular flexibility index (Phi) is 7.99. The standard InChI is InChI=1S/C18H32N2O4/c1-15(18(22)23-2)14-20(17(21)16-8-7-13-24-16)12-6-5-11-19-9-3-4-10-19/h15-16H,3-14H2,1-2H3. The molecule has 0 N–H and O–H groups in total. The first-order chi connectivity index (χ1) is 11.6. The maximum atomic E-state index is 12.7. The molecule has 0 aromatic rings. The van der Waals surface area contributed by atoms with Gasteiger partial charge in [0.05, 0.1) is 13.0 Å². The monoisotopic (exact) mass is 340 g/mol. The molecule has 2 saturated heterocycles. The Balaban J connectivity index is 1.81. The number of ether oxygens (including phenoxy) is 2. The normalized spacial score (nSPS) is 22.5. The molecule has 2 aliphatic heterocycles. The second kappa shape index (κ2) is 9.99. The Morgan fingerprint density at radius 1 is 1.25 bits per heavy atom. The Morgan fingerprint density at radius 3 is 2.62 bits per heavy atom. The zero-order valence-corrected chi connectivity index (χ0v) is 15.2. The van der Waals surface area contributed by atoms with Crippen molar-refractivity contribution >= 4 is 11.9 Å². The summed E-state index contributed by atoms with van der Waals surface area (Å²) >= 11 is 0. The van der Waals surface area contributed by atoms with E-state index in [1.807, 2.05) is 11.8 Å². The lowest BCUT2D eigenvalue weighted by Crippen LogP contribution is -2.43. The smallest absolute Gasteiger partial charge is 0.310 e. The summed E-state index contributed by atoms with van der Waals surface area (Å²) in [7, 11) is 1.39. The summed E-state index contributed by atoms with van der Waals surface area (Å²) in [5, 5.41) is 0. The number of rotatable bonds is 9. The molecule has 0 aromatic carbocycles. The predicted octanol–water partition coefficient (Wildman–Crippen LogP) is 1.68. The molecule has 2 rings (SSSR count). The summed E-state index contributed by atoms with van der Waals surface area (Å²) in [6, 6.07) is 0. The lowest BCUT2D eigenvalue weighted by atomic mass is 10.1. The molecule has 6 heteroatoms. The second-order valence-corrected chi connectivity index (χ2v) is 6.97. The van der Waals surface area contributed by atoms with Crippen LogP contribution in [0.25, 0.3) is 0 Å². The number of esters is 1. The van der Waals surface area contributed by atoms with Crippen molar-refractivity contribution in [3.63, 3.8) is 0 Å². The molecule has 2 unspecified atom stereocenters. The molecule has 0 spiro atoms. The predicted molar refractivity (Wildman–Crippen MR) is 91.6 cm³/mol. The first-order valence-corrected chi connectivity index (χ1v) is 9.32. The van der Waals surface area contributed by atoms with Crippen LogP contribution in [0.4, 0.5) is 0 Å². The molecule has 2 fully saturated rings. The maximum absolute atomic E-state index is 12.7. The minimum atomic E-state index is -0.326. The van der Waals surface area contributed by atoms with E-state index < -0.39 is 0 Å². The van der Waals surface area contributed by atoms with E-state index in [0.29, 0.717) is 19.7 Å². The average molecular weight is 340 g/mol. The zero-order chi connectivity index (χ0) is 17.4. The van der Waals surface area contributed by atoms with Gasteiger partial charge < -0.3 is 19.3 Å². The van der Waals surface area contributed by atoms with Crippen LogP contribution in [-0.4, -0.2) is 74.2 Å². The molecule has 2 atom stereocenters. The van der Waals surface area contributed by atoms with Gasteiger partial charge in [-0.15, -0.1) is 0 Å². The Morgan fingerprint density at radius 2 is 2.00 bits per heavy atom. The lowest BCUT2D eigenvalue weighted by molar-refractivity contribution is -0.148. The summed E-state index contributed by atoms with van der Waals surface area (Å²) in [6.45, 7) is 7.09. The van der Waals surface area contributed by atoms with E-state index >= 15 is 0 Å². The van der Waals surface area contributed by atoms with Crippen molar-refractivity contribution in [3.05, 3.63) is 0 Å². The highest BCUT2D eigenvalue weighted by Gasteiger charge is 2.30. The number of unbranched alkanes of at least 4 members (excludes halogenated alkanes) is 1. The van der Waals surface area contributed by atoms with E-state index in [9.17, 15) is 9.59 Å². The van der Waals surface area contributed by atoms with Crippen molar-refractivity contribution < 1.29 is 19.1 Å². The molecule has 2 aliphatic rings. The summed E-state index contributed by atoms with van der Waals surface area (Å²) in [5.74, 6) is -0.541. The highest BCUT2D eigenvalue weighted by molar-refractivity contribution is 5.82. The van der Waals surface area contributed by atoms with Gasteiger partial charge in [0.25, 0.3) is 5.91 Å². The molecule has 0 aliphatic carbocycles. The molecule has 138 valence electrons. The van der Waals surface area contributed by atoms with Crippen LogP contribution in [0.15, 0.2) is 0 Å². The van der Waals surface area contributed by atoms with Crippen molar-refractivity contribution in [2.24, 2.45) is 5.92 Å². The molecular formula is C18H32N2O4. The van der Waals surface area contributed by atoms with E-state index in [0.717, 1.165) is 32.2 Å². The number of carbonyl (C=O) groups is 2. The van der Waals surface area contributed by atoms with Crippen molar-refractivity contribution in [1.82, 2.24) is 9.80 Å².